The second-order valence-corrected chi connectivity index (χ2v) is 7.82. The molecule has 2 heterocycles. The third-order valence-corrected chi connectivity index (χ3v) is 5.73. The molecule has 1 saturated heterocycles. The maximum atomic E-state index is 12.6. The summed E-state index contributed by atoms with van der Waals surface area (Å²) in [6.45, 7) is 6.41. The van der Waals surface area contributed by atoms with Gasteiger partial charge in [-0.15, -0.1) is 11.3 Å². The van der Waals surface area contributed by atoms with Crippen molar-refractivity contribution in [1.29, 1.82) is 0 Å². The van der Waals surface area contributed by atoms with Crippen LogP contribution in [0.4, 0.5) is 0 Å². The van der Waals surface area contributed by atoms with E-state index in [1.165, 1.54) is 29.1 Å². The van der Waals surface area contributed by atoms with E-state index in [9.17, 15) is 4.79 Å². The van der Waals surface area contributed by atoms with Crippen molar-refractivity contribution in [3.63, 3.8) is 0 Å². The number of aryl methyl sites for hydroxylation is 1. The zero-order valence-electron chi connectivity index (χ0n) is 14.1. The number of hydrogen-bond donors (Lipinski definition) is 0. The highest BCUT2D eigenvalue weighted by Crippen LogP contribution is 2.40. The van der Waals surface area contributed by atoms with Gasteiger partial charge in [-0.05, 0) is 31.9 Å². The minimum absolute atomic E-state index is 0.153. The quantitative estimate of drug-likeness (QED) is 0.856. The van der Waals surface area contributed by atoms with Crippen LogP contribution in [0.2, 0.25) is 0 Å². The molecule has 4 rings (SSSR count). The fraction of sp³-hybridized carbons (Fsp3) is 0.474. The second-order valence-electron chi connectivity index (χ2n) is 6.87. The molecule has 0 bridgehead atoms. The first kappa shape index (κ1) is 15.8. The number of carbonyl (C=O) groups is 1. The number of rotatable bonds is 4. The van der Waals surface area contributed by atoms with Crippen molar-refractivity contribution in [2.24, 2.45) is 0 Å². The highest BCUT2D eigenvalue weighted by Gasteiger charge is 2.27. The number of aromatic nitrogens is 1. The molecule has 1 saturated carbocycles. The first-order chi connectivity index (χ1) is 11.7. The molecule has 0 radical (unpaired) electrons. The van der Waals surface area contributed by atoms with Gasteiger partial charge in [0.15, 0.2) is 0 Å². The van der Waals surface area contributed by atoms with Crippen LogP contribution in [-0.2, 0) is 6.54 Å². The Bertz CT molecular complexity index is 712. The molecule has 2 aromatic rings. The van der Waals surface area contributed by atoms with E-state index in [1.807, 2.05) is 36.1 Å². The Morgan fingerprint density at radius 2 is 1.88 bits per heavy atom. The van der Waals surface area contributed by atoms with E-state index >= 15 is 0 Å². The highest BCUT2D eigenvalue weighted by atomic mass is 32.1. The molecule has 0 unspecified atom stereocenters. The summed E-state index contributed by atoms with van der Waals surface area (Å²) in [5.74, 6) is 0.888. The molecule has 126 valence electrons. The van der Waals surface area contributed by atoms with Crippen LogP contribution in [0.3, 0.4) is 0 Å². The van der Waals surface area contributed by atoms with Crippen molar-refractivity contribution in [3.8, 4) is 0 Å². The summed E-state index contributed by atoms with van der Waals surface area (Å²) in [6, 6.07) is 7.87. The maximum absolute atomic E-state index is 12.6. The lowest BCUT2D eigenvalue weighted by Crippen LogP contribution is -2.48. The van der Waals surface area contributed by atoms with E-state index in [0.717, 1.165) is 44.2 Å². The van der Waals surface area contributed by atoms with E-state index < -0.39 is 0 Å². The van der Waals surface area contributed by atoms with Crippen molar-refractivity contribution in [1.82, 2.24) is 14.8 Å². The molecule has 0 atom stereocenters. The zero-order valence-corrected chi connectivity index (χ0v) is 14.9. The first-order valence-electron chi connectivity index (χ1n) is 8.71. The monoisotopic (exact) mass is 341 g/mol. The Morgan fingerprint density at radius 3 is 2.54 bits per heavy atom. The minimum Gasteiger partial charge on any atom is -0.336 e. The van der Waals surface area contributed by atoms with E-state index in [0.29, 0.717) is 0 Å². The minimum atomic E-state index is 0.153. The molecule has 1 amide bonds. The Hall–Kier alpha value is -1.72. The van der Waals surface area contributed by atoms with Crippen molar-refractivity contribution >= 4 is 17.2 Å². The molecule has 24 heavy (non-hydrogen) atoms. The summed E-state index contributed by atoms with van der Waals surface area (Å²) in [6.07, 6.45) is 2.62. The maximum Gasteiger partial charge on any atom is 0.253 e. The lowest BCUT2D eigenvalue weighted by molar-refractivity contribution is 0.0628. The average Bonchev–Trinajstić information content (AvgIpc) is 3.36. The van der Waals surface area contributed by atoms with E-state index in [1.54, 1.807) is 11.3 Å². The van der Waals surface area contributed by atoms with Gasteiger partial charge in [0.2, 0.25) is 0 Å². The van der Waals surface area contributed by atoms with Gasteiger partial charge in [-0.3, -0.25) is 9.69 Å². The van der Waals surface area contributed by atoms with Crippen LogP contribution in [0.1, 0.15) is 45.4 Å². The topological polar surface area (TPSA) is 36.4 Å². The van der Waals surface area contributed by atoms with Gasteiger partial charge in [-0.1, -0.05) is 17.7 Å². The average molecular weight is 341 g/mol. The first-order valence-corrected chi connectivity index (χ1v) is 9.59. The lowest BCUT2D eigenvalue weighted by atomic mass is 10.1. The summed E-state index contributed by atoms with van der Waals surface area (Å²) in [5, 5.41) is 3.44. The Morgan fingerprint density at radius 1 is 1.17 bits per heavy atom. The third-order valence-electron chi connectivity index (χ3n) is 4.88. The molecule has 1 aliphatic carbocycles. The lowest BCUT2D eigenvalue weighted by Gasteiger charge is -2.34. The van der Waals surface area contributed by atoms with Crippen LogP contribution in [0.5, 0.6) is 0 Å². The number of hydrogen-bond acceptors (Lipinski definition) is 4. The predicted molar refractivity (Wildman–Crippen MR) is 96.4 cm³/mol. The van der Waals surface area contributed by atoms with Crippen molar-refractivity contribution < 1.29 is 4.79 Å². The largest absolute Gasteiger partial charge is 0.336 e. The molecule has 1 aromatic carbocycles. The van der Waals surface area contributed by atoms with E-state index in [-0.39, 0.29) is 5.91 Å². The highest BCUT2D eigenvalue weighted by molar-refractivity contribution is 7.09. The SMILES string of the molecule is Cc1ccc(C(=O)N2CCN(Cc3nc(C4CC4)cs3)CC2)cc1. The summed E-state index contributed by atoms with van der Waals surface area (Å²) >= 11 is 1.78. The van der Waals surface area contributed by atoms with Gasteiger partial charge < -0.3 is 4.90 Å². The second kappa shape index (κ2) is 6.65. The van der Waals surface area contributed by atoms with Crippen molar-refractivity contribution in [3.05, 3.63) is 51.5 Å². The van der Waals surface area contributed by atoms with Crippen LogP contribution >= 0.6 is 11.3 Å². The third kappa shape index (κ3) is 3.52. The molecule has 0 spiro atoms. The summed E-state index contributed by atoms with van der Waals surface area (Å²) in [5.41, 5.74) is 3.27. The summed E-state index contributed by atoms with van der Waals surface area (Å²) in [4.78, 5) is 21.7. The van der Waals surface area contributed by atoms with Crippen LogP contribution in [0.25, 0.3) is 0 Å². The summed E-state index contributed by atoms with van der Waals surface area (Å²) in [7, 11) is 0. The molecule has 5 heteroatoms. The van der Waals surface area contributed by atoms with E-state index in [2.05, 4.69) is 10.3 Å². The molecular weight excluding hydrogens is 318 g/mol. The Labute approximate surface area is 147 Å². The van der Waals surface area contributed by atoms with Gasteiger partial charge in [0.05, 0.1) is 12.2 Å². The van der Waals surface area contributed by atoms with Gasteiger partial charge in [0.1, 0.15) is 5.01 Å². The van der Waals surface area contributed by atoms with Gasteiger partial charge in [0, 0.05) is 43.0 Å². The number of carbonyl (C=O) groups excluding carboxylic acids is 1. The molecule has 1 aliphatic heterocycles. The van der Waals surface area contributed by atoms with E-state index in [4.69, 9.17) is 4.98 Å². The zero-order chi connectivity index (χ0) is 16.5. The Balaban J connectivity index is 1.30. The number of amides is 1. The van der Waals surface area contributed by atoms with Crippen molar-refractivity contribution in [2.75, 3.05) is 26.2 Å². The number of piperazine rings is 1. The fourth-order valence-corrected chi connectivity index (χ4v) is 4.06. The molecular formula is C19H23N3OS. The van der Waals surface area contributed by atoms with Crippen LogP contribution < -0.4 is 0 Å². The molecule has 0 N–H and O–H groups in total. The number of thiazole rings is 1. The molecule has 4 nitrogen and oxygen atoms in total. The van der Waals surface area contributed by atoms with Crippen LogP contribution in [-0.4, -0.2) is 46.9 Å². The van der Waals surface area contributed by atoms with Crippen LogP contribution in [0, 0.1) is 6.92 Å². The predicted octanol–water partition coefficient (Wildman–Crippen LogP) is 3.29. The molecule has 2 aliphatic rings. The smallest absolute Gasteiger partial charge is 0.253 e. The summed E-state index contributed by atoms with van der Waals surface area (Å²) < 4.78 is 0. The number of nitrogens with zero attached hydrogens (tertiary/aromatic N) is 3. The standard InChI is InChI=1S/C19H23N3OS/c1-14-2-4-16(5-3-14)19(23)22-10-8-21(9-11-22)12-18-20-17(13-24-18)15-6-7-15/h2-5,13,15H,6-12H2,1H3. The number of benzene rings is 1. The van der Waals surface area contributed by atoms with Gasteiger partial charge in [-0.2, -0.15) is 0 Å². The Kier molecular flexibility index (Phi) is 4.37. The molecule has 1 aromatic heterocycles. The van der Waals surface area contributed by atoms with Crippen LogP contribution in [0.15, 0.2) is 29.6 Å². The fourth-order valence-electron chi connectivity index (χ4n) is 3.14. The molecule has 2 fully saturated rings. The van der Waals surface area contributed by atoms with Gasteiger partial charge in [-0.25, -0.2) is 4.98 Å². The van der Waals surface area contributed by atoms with Gasteiger partial charge >= 0.3 is 0 Å². The normalized spacial score (nSPS) is 18.8. The van der Waals surface area contributed by atoms with Gasteiger partial charge in [0.25, 0.3) is 5.91 Å². The van der Waals surface area contributed by atoms with Crippen molar-refractivity contribution in [2.45, 2.75) is 32.2 Å².